The SMILES string of the molecule is CC(=O)O[C@@H]1[C@@H](F)[C@H](O)[C@@H](C)O[C@H]1n1cc(F)c(=O)[nH]c1=O. The normalized spacial score (nSPS) is 31.8. The van der Waals surface area contributed by atoms with Gasteiger partial charge in [0.15, 0.2) is 18.5 Å². The summed E-state index contributed by atoms with van der Waals surface area (Å²) in [4.78, 5) is 35.6. The van der Waals surface area contributed by atoms with Crippen molar-refractivity contribution in [3.63, 3.8) is 0 Å². The third-order valence-corrected chi connectivity index (χ3v) is 3.26. The summed E-state index contributed by atoms with van der Waals surface area (Å²) in [6.07, 6.45) is -7.38. The van der Waals surface area contributed by atoms with Gasteiger partial charge in [0.2, 0.25) is 5.82 Å². The van der Waals surface area contributed by atoms with Crippen LogP contribution in [0.5, 0.6) is 0 Å². The molecule has 0 bridgehead atoms. The van der Waals surface area contributed by atoms with Crippen LogP contribution in [0.1, 0.15) is 20.1 Å². The second-order valence-electron chi connectivity index (χ2n) is 4.88. The van der Waals surface area contributed by atoms with Crippen molar-refractivity contribution in [3.05, 3.63) is 32.9 Å². The summed E-state index contributed by atoms with van der Waals surface area (Å²) in [5.41, 5.74) is -2.31. The first-order chi connectivity index (χ1) is 10.2. The van der Waals surface area contributed by atoms with E-state index in [2.05, 4.69) is 0 Å². The average Bonchev–Trinajstić information content (AvgIpc) is 2.43. The monoisotopic (exact) mass is 320 g/mol. The zero-order chi connectivity index (χ0) is 16.6. The minimum atomic E-state index is -2.06. The van der Waals surface area contributed by atoms with E-state index in [1.807, 2.05) is 0 Å². The Labute approximate surface area is 122 Å². The van der Waals surface area contributed by atoms with Gasteiger partial charge in [0.25, 0.3) is 5.56 Å². The molecule has 0 spiro atoms. The van der Waals surface area contributed by atoms with Gasteiger partial charge in [0, 0.05) is 6.92 Å². The molecule has 2 N–H and O–H groups in total. The minimum absolute atomic E-state index is 0.527. The van der Waals surface area contributed by atoms with Crippen molar-refractivity contribution in [2.24, 2.45) is 0 Å². The van der Waals surface area contributed by atoms with Crippen molar-refractivity contribution in [3.8, 4) is 0 Å². The van der Waals surface area contributed by atoms with Gasteiger partial charge in [-0.05, 0) is 6.92 Å². The fourth-order valence-electron chi connectivity index (χ4n) is 2.18. The lowest BCUT2D eigenvalue weighted by molar-refractivity contribution is -0.235. The molecule has 1 aliphatic heterocycles. The number of H-pyrrole nitrogens is 1. The third kappa shape index (κ3) is 2.92. The molecule has 10 heteroatoms. The summed E-state index contributed by atoms with van der Waals surface area (Å²) in [6.45, 7) is 2.34. The molecule has 1 aromatic rings. The Morgan fingerprint density at radius 2 is 2.14 bits per heavy atom. The van der Waals surface area contributed by atoms with Gasteiger partial charge in [-0.2, -0.15) is 4.39 Å². The van der Waals surface area contributed by atoms with Gasteiger partial charge in [-0.1, -0.05) is 0 Å². The number of nitrogens with zero attached hydrogens (tertiary/aromatic N) is 1. The number of carbonyl (C=O) groups excluding carboxylic acids is 1. The predicted molar refractivity (Wildman–Crippen MR) is 67.3 cm³/mol. The summed E-state index contributed by atoms with van der Waals surface area (Å²) in [5, 5.41) is 9.65. The van der Waals surface area contributed by atoms with Crippen LogP contribution in [-0.4, -0.2) is 45.1 Å². The summed E-state index contributed by atoms with van der Waals surface area (Å²) in [7, 11) is 0. The molecule has 0 amide bonds. The average molecular weight is 320 g/mol. The van der Waals surface area contributed by atoms with Crippen LogP contribution in [0, 0.1) is 5.82 Å². The number of nitrogens with one attached hydrogen (secondary N) is 1. The first kappa shape index (κ1) is 16.3. The molecule has 0 saturated carbocycles. The van der Waals surface area contributed by atoms with E-state index in [1.54, 1.807) is 4.98 Å². The highest BCUT2D eigenvalue weighted by Crippen LogP contribution is 2.31. The van der Waals surface area contributed by atoms with E-state index in [9.17, 15) is 28.3 Å². The van der Waals surface area contributed by atoms with Gasteiger partial charge < -0.3 is 14.6 Å². The Bertz CT molecular complexity index is 687. The lowest BCUT2D eigenvalue weighted by Crippen LogP contribution is -2.55. The third-order valence-electron chi connectivity index (χ3n) is 3.26. The number of ether oxygens (including phenoxy) is 2. The highest BCUT2D eigenvalue weighted by molar-refractivity contribution is 5.66. The van der Waals surface area contributed by atoms with E-state index in [0.29, 0.717) is 10.8 Å². The van der Waals surface area contributed by atoms with E-state index in [-0.39, 0.29) is 0 Å². The van der Waals surface area contributed by atoms with Crippen molar-refractivity contribution >= 4 is 5.97 Å². The largest absolute Gasteiger partial charge is 0.454 e. The molecule has 2 rings (SSSR count). The molecule has 122 valence electrons. The van der Waals surface area contributed by atoms with Gasteiger partial charge in [0.1, 0.15) is 6.10 Å². The zero-order valence-corrected chi connectivity index (χ0v) is 11.7. The number of aromatic amines is 1. The number of rotatable bonds is 2. The van der Waals surface area contributed by atoms with Gasteiger partial charge in [0.05, 0.1) is 12.3 Å². The molecule has 0 aliphatic carbocycles. The summed E-state index contributed by atoms with van der Waals surface area (Å²) >= 11 is 0. The van der Waals surface area contributed by atoms with E-state index < -0.39 is 53.7 Å². The van der Waals surface area contributed by atoms with Crippen molar-refractivity contribution in [2.45, 2.75) is 44.6 Å². The molecule has 8 nitrogen and oxygen atoms in total. The van der Waals surface area contributed by atoms with Crippen LogP contribution >= 0.6 is 0 Å². The Hall–Kier alpha value is -2.07. The Morgan fingerprint density at radius 3 is 2.73 bits per heavy atom. The molecular weight excluding hydrogens is 306 g/mol. The van der Waals surface area contributed by atoms with Crippen LogP contribution in [0.2, 0.25) is 0 Å². The van der Waals surface area contributed by atoms with Gasteiger partial charge in [-0.15, -0.1) is 0 Å². The molecule has 1 aromatic heterocycles. The summed E-state index contributed by atoms with van der Waals surface area (Å²) in [5.74, 6) is -2.17. The quantitative estimate of drug-likeness (QED) is 0.692. The van der Waals surface area contributed by atoms with Crippen LogP contribution in [0.4, 0.5) is 8.78 Å². The molecule has 0 unspecified atom stereocenters. The Morgan fingerprint density at radius 1 is 1.50 bits per heavy atom. The Balaban J connectivity index is 2.49. The van der Waals surface area contributed by atoms with Crippen molar-refractivity contribution in [1.29, 1.82) is 0 Å². The lowest BCUT2D eigenvalue weighted by atomic mass is 10.00. The molecular formula is C12H14F2N2O6. The van der Waals surface area contributed by atoms with Crippen LogP contribution in [-0.2, 0) is 14.3 Å². The number of alkyl halides is 1. The second-order valence-corrected chi connectivity index (χ2v) is 4.88. The fourth-order valence-corrected chi connectivity index (χ4v) is 2.18. The standard InChI is InChI=1S/C12H14F2N2O6/c1-4-8(18)7(14)9(22-5(2)17)11(21-4)16-3-6(13)10(19)15-12(16)20/h3-4,7-9,11,18H,1-2H3,(H,15,19,20)/t4-,7+,8-,9-,11-/m1/s1. The number of halogens is 2. The van der Waals surface area contributed by atoms with Crippen molar-refractivity contribution in [1.82, 2.24) is 9.55 Å². The number of carbonyl (C=O) groups is 1. The molecule has 1 saturated heterocycles. The van der Waals surface area contributed by atoms with Crippen molar-refractivity contribution < 1.29 is 28.2 Å². The number of aliphatic hydroxyl groups excluding tert-OH is 1. The number of hydrogen-bond donors (Lipinski definition) is 2. The van der Waals surface area contributed by atoms with E-state index in [4.69, 9.17) is 9.47 Å². The first-order valence-electron chi connectivity index (χ1n) is 6.38. The van der Waals surface area contributed by atoms with Crippen LogP contribution in [0.15, 0.2) is 15.8 Å². The number of aliphatic hydroxyl groups is 1. The first-order valence-corrected chi connectivity index (χ1v) is 6.38. The Kier molecular flexibility index (Phi) is 4.42. The van der Waals surface area contributed by atoms with Gasteiger partial charge >= 0.3 is 11.7 Å². The topological polar surface area (TPSA) is 111 Å². The van der Waals surface area contributed by atoms with E-state index in [1.165, 1.54) is 6.92 Å². The maximum Gasteiger partial charge on any atom is 0.330 e. The maximum atomic E-state index is 14.2. The molecule has 0 aromatic carbocycles. The molecule has 1 fully saturated rings. The minimum Gasteiger partial charge on any atom is -0.454 e. The van der Waals surface area contributed by atoms with Crippen LogP contribution in [0.3, 0.4) is 0 Å². The molecule has 0 radical (unpaired) electrons. The zero-order valence-electron chi connectivity index (χ0n) is 11.7. The molecule has 1 aliphatic rings. The number of hydrogen-bond acceptors (Lipinski definition) is 6. The van der Waals surface area contributed by atoms with E-state index >= 15 is 0 Å². The highest BCUT2D eigenvalue weighted by atomic mass is 19.1. The maximum absolute atomic E-state index is 14.2. The molecule has 22 heavy (non-hydrogen) atoms. The number of esters is 1. The molecule has 5 atom stereocenters. The molecule has 2 heterocycles. The number of aromatic nitrogens is 2. The fraction of sp³-hybridized carbons (Fsp3) is 0.583. The highest BCUT2D eigenvalue weighted by Gasteiger charge is 2.47. The van der Waals surface area contributed by atoms with Gasteiger partial charge in [-0.25, -0.2) is 9.18 Å². The smallest absolute Gasteiger partial charge is 0.330 e. The summed E-state index contributed by atoms with van der Waals surface area (Å²) in [6, 6.07) is 0. The second kappa shape index (κ2) is 5.97. The van der Waals surface area contributed by atoms with Crippen LogP contribution in [0.25, 0.3) is 0 Å². The predicted octanol–water partition coefficient (Wildman–Crippen LogP) is -0.776. The van der Waals surface area contributed by atoms with E-state index in [0.717, 1.165) is 6.92 Å². The summed E-state index contributed by atoms with van der Waals surface area (Å²) < 4.78 is 38.1. The van der Waals surface area contributed by atoms with Crippen molar-refractivity contribution in [2.75, 3.05) is 0 Å². The lowest BCUT2D eigenvalue weighted by Gasteiger charge is -2.40. The van der Waals surface area contributed by atoms with Crippen LogP contribution < -0.4 is 11.2 Å². The van der Waals surface area contributed by atoms with Gasteiger partial charge in [-0.3, -0.25) is 19.1 Å².